The number of hydrogen-bond acceptors (Lipinski definition) is 2. The van der Waals surface area contributed by atoms with Gasteiger partial charge < -0.3 is 5.32 Å². The Morgan fingerprint density at radius 1 is 1.24 bits per heavy atom. The third-order valence-electron chi connectivity index (χ3n) is 5.24. The number of fused-ring (bicyclic) bond motifs is 1. The molecule has 1 saturated heterocycles. The van der Waals surface area contributed by atoms with E-state index in [9.17, 15) is 0 Å². The van der Waals surface area contributed by atoms with E-state index in [2.05, 4.69) is 51.4 Å². The monoisotopic (exact) mass is 350 g/mol. The normalized spacial score (nSPS) is 26.6. The minimum atomic E-state index is 0.765. The number of aryl methyl sites for hydroxylation is 1. The van der Waals surface area contributed by atoms with E-state index >= 15 is 0 Å². The first-order chi connectivity index (χ1) is 10.3. The molecule has 1 aromatic carbocycles. The van der Waals surface area contributed by atoms with Gasteiger partial charge in [-0.25, -0.2) is 0 Å². The number of hydrogen-bond donors (Lipinski definition) is 1. The highest BCUT2D eigenvalue weighted by Crippen LogP contribution is 2.31. The second-order valence-corrected chi connectivity index (χ2v) is 7.50. The Hall–Kier alpha value is -0.380. The molecule has 0 aromatic heterocycles. The molecule has 2 unspecified atom stereocenters. The number of piperidine rings is 1. The van der Waals surface area contributed by atoms with Crippen molar-refractivity contribution in [3.05, 3.63) is 33.8 Å². The quantitative estimate of drug-likeness (QED) is 0.888. The van der Waals surface area contributed by atoms with Gasteiger partial charge in [-0.2, -0.15) is 0 Å². The Balaban J connectivity index is 1.69. The molecule has 1 aliphatic heterocycles. The molecule has 3 rings (SSSR count). The van der Waals surface area contributed by atoms with Crippen molar-refractivity contribution in [3.63, 3.8) is 0 Å². The van der Waals surface area contributed by atoms with E-state index in [1.54, 1.807) is 11.1 Å². The minimum absolute atomic E-state index is 0.765. The van der Waals surface area contributed by atoms with E-state index in [0.717, 1.165) is 18.6 Å². The number of nitrogens with one attached hydrogen (secondary N) is 1. The zero-order valence-electron chi connectivity index (χ0n) is 13.1. The summed E-state index contributed by atoms with van der Waals surface area (Å²) in [5.41, 5.74) is 3.14. The lowest BCUT2D eigenvalue weighted by Crippen LogP contribution is -2.49. The summed E-state index contributed by atoms with van der Waals surface area (Å²) in [6.45, 7) is 2.46. The van der Waals surface area contributed by atoms with E-state index in [0.29, 0.717) is 0 Å². The molecule has 0 saturated carbocycles. The number of halogens is 1. The summed E-state index contributed by atoms with van der Waals surface area (Å²) < 4.78 is 1.23. The zero-order valence-corrected chi connectivity index (χ0v) is 14.7. The van der Waals surface area contributed by atoms with Crippen LogP contribution in [-0.4, -0.2) is 37.1 Å². The van der Waals surface area contributed by atoms with Crippen LogP contribution in [0, 0.1) is 0 Å². The Morgan fingerprint density at radius 3 is 3.00 bits per heavy atom. The van der Waals surface area contributed by atoms with Gasteiger partial charge in [0, 0.05) is 16.6 Å². The number of rotatable bonds is 4. The lowest BCUT2D eigenvalue weighted by molar-refractivity contribution is 0.0809. The van der Waals surface area contributed by atoms with E-state index in [-0.39, 0.29) is 0 Å². The van der Waals surface area contributed by atoms with Crippen LogP contribution in [0.4, 0.5) is 0 Å². The summed E-state index contributed by atoms with van der Waals surface area (Å²) in [5.74, 6) is 0. The van der Waals surface area contributed by atoms with E-state index in [4.69, 9.17) is 0 Å². The van der Waals surface area contributed by atoms with Crippen LogP contribution < -0.4 is 5.32 Å². The topological polar surface area (TPSA) is 15.3 Å². The first-order valence-electron chi connectivity index (χ1n) is 8.45. The maximum absolute atomic E-state index is 3.60. The Kier molecular flexibility index (Phi) is 5.36. The van der Waals surface area contributed by atoms with Crippen LogP contribution in [0.5, 0.6) is 0 Å². The van der Waals surface area contributed by atoms with Crippen molar-refractivity contribution in [2.75, 3.05) is 20.1 Å². The highest BCUT2D eigenvalue weighted by atomic mass is 79.9. The predicted molar refractivity (Wildman–Crippen MR) is 92.8 cm³/mol. The molecule has 21 heavy (non-hydrogen) atoms. The molecule has 0 amide bonds. The van der Waals surface area contributed by atoms with Crippen LogP contribution in [0.3, 0.4) is 0 Å². The third kappa shape index (κ3) is 3.69. The Labute approximate surface area is 137 Å². The summed E-state index contributed by atoms with van der Waals surface area (Å²) in [4.78, 5) is 2.84. The molecule has 0 radical (unpaired) electrons. The van der Waals surface area contributed by atoms with Gasteiger partial charge in [-0.1, -0.05) is 28.4 Å². The summed E-state index contributed by atoms with van der Waals surface area (Å²) >= 11 is 3.60. The molecular weight excluding hydrogens is 324 g/mol. The van der Waals surface area contributed by atoms with Crippen molar-refractivity contribution < 1.29 is 0 Å². The molecule has 2 atom stereocenters. The minimum Gasteiger partial charge on any atom is -0.320 e. The molecule has 2 aliphatic rings. The second-order valence-electron chi connectivity index (χ2n) is 6.59. The van der Waals surface area contributed by atoms with Gasteiger partial charge in [0.2, 0.25) is 0 Å². The molecule has 0 spiro atoms. The second kappa shape index (κ2) is 7.26. The summed E-state index contributed by atoms with van der Waals surface area (Å²) in [6, 6.07) is 8.42. The van der Waals surface area contributed by atoms with Crippen LogP contribution in [0.25, 0.3) is 0 Å². The average Bonchev–Trinajstić information content (AvgIpc) is 2.52. The van der Waals surface area contributed by atoms with Crippen molar-refractivity contribution >= 4 is 15.9 Å². The van der Waals surface area contributed by atoms with Crippen LogP contribution in [0.15, 0.2) is 22.7 Å². The molecule has 0 bridgehead atoms. The largest absolute Gasteiger partial charge is 0.320 e. The summed E-state index contributed by atoms with van der Waals surface area (Å²) in [7, 11) is 2.07. The van der Waals surface area contributed by atoms with Crippen molar-refractivity contribution in [3.8, 4) is 0 Å². The van der Waals surface area contributed by atoms with Crippen molar-refractivity contribution in [1.29, 1.82) is 0 Å². The lowest BCUT2D eigenvalue weighted by Gasteiger charge is -2.43. The molecule has 1 aromatic rings. The van der Waals surface area contributed by atoms with Crippen molar-refractivity contribution in [1.82, 2.24) is 10.2 Å². The highest BCUT2D eigenvalue weighted by Gasteiger charge is 2.30. The molecule has 2 nitrogen and oxygen atoms in total. The van der Waals surface area contributed by atoms with Gasteiger partial charge in [-0.05, 0) is 81.9 Å². The fourth-order valence-corrected chi connectivity index (χ4v) is 4.52. The molecule has 3 heteroatoms. The molecular formula is C18H27BrN2. The lowest BCUT2D eigenvalue weighted by atomic mass is 9.85. The summed E-state index contributed by atoms with van der Waals surface area (Å²) in [5, 5.41) is 3.33. The fourth-order valence-electron chi connectivity index (χ4n) is 4.11. The highest BCUT2D eigenvalue weighted by molar-refractivity contribution is 9.10. The molecule has 116 valence electrons. The Morgan fingerprint density at radius 2 is 2.14 bits per heavy atom. The smallest absolute Gasteiger partial charge is 0.0178 e. The first kappa shape index (κ1) is 15.5. The van der Waals surface area contributed by atoms with Gasteiger partial charge in [-0.3, -0.25) is 4.90 Å². The maximum atomic E-state index is 3.60. The van der Waals surface area contributed by atoms with Gasteiger partial charge in [0.1, 0.15) is 0 Å². The van der Waals surface area contributed by atoms with Crippen LogP contribution in [-0.2, 0) is 12.8 Å². The van der Waals surface area contributed by atoms with Crippen molar-refractivity contribution in [2.24, 2.45) is 0 Å². The first-order valence-corrected chi connectivity index (χ1v) is 9.25. The SMILES string of the molecule is CNCCC1CCCCN1C1CCc2cc(Br)ccc2C1. The molecule has 1 aliphatic carbocycles. The number of nitrogens with zero attached hydrogens (tertiary/aromatic N) is 1. The van der Waals surface area contributed by atoms with Gasteiger partial charge in [0.05, 0.1) is 0 Å². The van der Waals surface area contributed by atoms with E-state index < -0.39 is 0 Å². The van der Waals surface area contributed by atoms with E-state index in [1.165, 1.54) is 56.0 Å². The van der Waals surface area contributed by atoms with Gasteiger partial charge in [-0.15, -0.1) is 0 Å². The fraction of sp³-hybridized carbons (Fsp3) is 0.667. The van der Waals surface area contributed by atoms with E-state index in [1.807, 2.05) is 0 Å². The zero-order chi connectivity index (χ0) is 14.7. The predicted octanol–water partition coefficient (Wildman–Crippen LogP) is 3.77. The molecule has 1 fully saturated rings. The summed E-state index contributed by atoms with van der Waals surface area (Å²) in [6.07, 6.45) is 9.33. The number of benzene rings is 1. The molecule has 1 N–H and O–H groups in total. The average molecular weight is 351 g/mol. The third-order valence-corrected chi connectivity index (χ3v) is 5.73. The number of likely N-dealkylation sites (tertiary alicyclic amines) is 1. The van der Waals surface area contributed by atoms with Crippen LogP contribution in [0.2, 0.25) is 0 Å². The van der Waals surface area contributed by atoms with Gasteiger partial charge >= 0.3 is 0 Å². The van der Waals surface area contributed by atoms with Crippen molar-refractivity contribution in [2.45, 2.75) is 57.0 Å². The maximum Gasteiger partial charge on any atom is 0.0178 e. The van der Waals surface area contributed by atoms with Crippen LogP contribution in [0.1, 0.15) is 43.2 Å². The van der Waals surface area contributed by atoms with Gasteiger partial charge in [0.15, 0.2) is 0 Å². The Bertz CT molecular complexity index is 474. The van der Waals surface area contributed by atoms with Crippen LogP contribution >= 0.6 is 15.9 Å². The standard InChI is InChI=1S/C18H27BrN2/c1-20-10-9-17-4-2-3-11-21(17)18-8-6-14-12-16(19)7-5-15(14)13-18/h5,7,12,17-18,20H,2-4,6,8-11,13H2,1H3. The van der Waals surface area contributed by atoms with Gasteiger partial charge in [0.25, 0.3) is 0 Å². The molecule has 1 heterocycles.